The van der Waals surface area contributed by atoms with Crippen molar-refractivity contribution in [3.63, 3.8) is 0 Å². The zero-order valence-corrected chi connectivity index (χ0v) is 24.9. The largest absolute Gasteiger partial charge is 0.355 e. The quantitative estimate of drug-likeness (QED) is 0.282. The molecule has 5 rings (SSSR count). The first-order valence-corrected chi connectivity index (χ1v) is 14.1. The molecule has 1 aliphatic rings. The molecule has 4 aromatic rings. The average Bonchev–Trinajstić information content (AvgIpc) is 3.29. The van der Waals surface area contributed by atoms with Gasteiger partial charge in [0.1, 0.15) is 11.5 Å². The molecule has 0 saturated carbocycles. The molecule has 0 spiro atoms. The molecule has 10 heteroatoms. The zero-order valence-electron chi connectivity index (χ0n) is 24.9. The molecule has 0 fully saturated rings. The Kier molecular flexibility index (Phi) is 8.14. The maximum atomic E-state index is 15.5. The fraction of sp³-hybridized carbons (Fsp3) is 0.273. The number of hydrogen-bond acceptors (Lipinski definition) is 6. The van der Waals surface area contributed by atoms with Gasteiger partial charge in [0.25, 0.3) is 11.5 Å². The molecule has 2 amide bonds. The van der Waals surface area contributed by atoms with E-state index in [-0.39, 0.29) is 30.6 Å². The Labute approximate surface area is 249 Å². The van der Waals surface area contributed by atoms with Crippen molar-refractivity contribution in [1.82, 2.24) is 20.2 Å². The first-order valence-electron chi connectivity index (χ1n) is 14.1. The summed E-state index contributed by atoms with van der Waals surface area (Å²) in [6.45, 7) is 5.43. The minimum absolute atomic E-state index is 0.0359. The van der Waals surface area contributed by atoms with Crippen LogP contribution in [0.2, 0.25) is 0 Å². The number of alkyl halides is 1. The van der Waals surface area contributed by atoms with Crippen molar-refractivity contribution in [2.24, 2.45) is 0 Å². The third kappa shape index (κ3) is 5.78. The number of carbonyl (C=O) groups is 2. The lowest BCUT2D eigenvalue weighted by atomic mass is 10.0. The molecule has 3 N–H and O–H groups in total. The predicted molar refractivity (Wildman–Crippen MR) is 167 cm³/mol. The normalized spacial score (nSPS) is 16.5. The van der Waals surface area contributed by atoms with Gasteiger partial charge < -0.3 is 20.9 Å². The van der Waals surface area contributed by atoms with Crippen LogP contribution in [0.1, 0.15) is 40.9 Å². The predicted octanol–water partition coefficient (Wildman–Crippen LogP) is 4.51. The summed E-state index contributed by atoms with van der Waals surface area (Å²) in [7, 11) is 3.21. The van der Waals surface area contributed by atoms with E-state index in [0.29, 0.717) is 22.5 Å². The Morgan fingerprint density at radius 1 is 1.07 bits per heavy atom. The highest BCUT2D eigenvalue weighted by atomic mass is 19.1. The monoisotopic (exact) mass is 582 g/mol. The number of aromatic nitrogens is 2. The molecular weight excluding hydrogens is 547 g/mol. The van der Waals surface area contributed by atoms with Crippen LogP contribution in [0, 0.1) is 6.92 Å². The van der Waals surface area contributed by atoms with Crippen LogP contribution in [0.4, 0.5) is 21.5 Å². The Hall–Kier alpha value is -4.83. The second kappa shape index (κ2) is 11.8. The summed E-state index contributed by atoms with van der Waals surface area (Å²) in [5, 5.41) is 8.17. The van der Waals surface area contributed by atoms with Crippen molar-refractivity contribution >= 4 is 28.9 Å². The minimum atomic E-state index is -1.51. The van der Waals surface area contributed by atoms with E-state index < -0.39 is 17.3 Å². The van der Waals surface area contributed by atoms with Gasteiger partial charge >= 0.3 is 0 Å². The SMILES string of the molecule is CNC(=O)c1ccc(C)c(-c2ncc(NC(=O)C(C)NC)c(=O)n2Cc2cccc(N3CC(C)(F)c4ccccc43)c2)c1. The van der Waals surface area contributed by atoms with Crippen molar-refractivity contribution in [1.29, 1.82) is 0 Å². The average molecular weight is 583 g/mol. The standard InChI is InChI=1S/C33H35FN6O3/c1-20-13-14-23(31(42)36-5)16-25(20)29-37-17-27(38-30(41)21(2)35-4)32(43)39(29)18-22-9-8-10-24(15-22)40-19-33(3,34)26-11-6-7-12-28(26)40/h6-17,21,35H,18-19H2,1-5H3,(H,36,42)(H,38,41). The van der Waals surface area contributed by atoms with E-state index >= 15 is 4.39 Å². The summed E-state index contributed by atoms with van der Waals surface area (Å²) in [5.41, 5.74) is 2.93. The van der Waals surface area contributed by atoms with Gasteiger partial charge in [-0.2, -0.15) is 0 Å². The van der Waals surface area contributed by atoms with Crippen LogP contribution >= 0.6 is 0 Å². The number of fused-ring (bicyclic) bond motifs is 1. The molecule has 2 unspecified atom stereocenters. The van der Waals surface area contributed by atoms with Gasteiger partial charge in [-0.05, 0) is 69.3 Å². The maximum absolute atomic E-state index is 15.5. The van der Waals surface area contributed by atoms with Gasteiger partial charge in [0.2, 0.25) is 5.91 Å². The second-order valence-electron chi connectivity index (χ2n) is 11.0. The van der Waals surface area contributed by atoms with Crippen LogP contribution in [-0.4, -0.2) is 48.0 Å². The fourth-order valence-electron chi connectivity index (χ4n) is 5.31. The van der Waals surface area contributed by atoms with Gasteiger partial charge in [0.15, 0.2) is 5.67 Å². The lowest BCUT2D eigenvalue weighted by Gasteiger charge is -2.22. The summed E-state index contributed by atoms with van der Waals surface area (Å²) in [4.78, 5) is 45.6. The number of nitrogens with one attached hydrogen (secondary N) is 3. The van der Waals surface area contributed by atoms with E-state index in [9.17, 15) is 14.4 Å². The second-order valence-corrected chi connectivity index (χ2v) is 11.0. The summed E-state index contributed by atoms with van der Waals surface area (Å²) < 4.78 is 17.0. The number of hydrogen-bond donors (Lipinski definition) is 3. The van der Waals surface area contributed by atoms with E-state index in [1.165, 1.54) is 10.8 Å². The molecule has 222 valence electrons. The van der Waals surface area contributed by atoms with Crippen LogP contribution in [0.5, 0.6) is 0 Å². The lowest BCUT2D eigenvalue weighted by molar-refractivity contribution is -0.117. The number of para-hydroxylation sites is 1. The molecule has 9 nitrogen and oxygen atoms in total. The van der Waals surface area contributed by atoms with Gasteiger partial charge in [-0.25, -0.2) is 9.37 Å². The van der Waals surface area contributed by atoms with Crippen molar-refractivity contribution in [3.8, 4) is 11.4 Å². The first-order chi connectivity index (χ1) is 20.5. The smallest absolute Gasteiger partial charge is 0.277 e. The van der Waals surface area contributed by atoms with Crippen molar-refractivity contribution in [2.45, 2.75) is 39.0 Å². The van der Waals surface area contributed by atoms with E-state index in [4.69, 9.17) is 0 Å². The maximum Gasteiger partial charge on any atom is 0.277 e. The van der Waals surface area contributed by atoms with Gasteiger partial charge in [-0.1, -0.05) is 36.4 Å². The molecule has 1 aromatic heterocycles. The van der Waals surface area contributed by atoms with Crippen LogP contribution in [0.25, 0.3) is 11.4 Å². The Bertz CT molecular complexity index is 1770. The van der Waals surface area contributed by atoms with Gasteiger partial charge in [0.05, 0.1) is 25.3 Å². The summed E-state index contributed by atoms with van der Waals surface area (Å²) in [6.07, 6.45) is 1.35. The van der Waals surface area contributed by atoms with E-state index in [1.807, 2.05) is 54.3 Å². The van der Waals surface area contributed by atoms with Gasteiger partial charge in [-0.3, -0.25) is 19.0 Å². The highest BCUT2D eigenvalue weighted by Gasteiger charge is 2.39. The summed E-state index contributed by atoms with van der Waals surface area (Å²) >= 11 is 0. The molecular formula is C33H35FN6O3. The van der Waals surface area contributed by atoms with Crippen LogP contribution in [0.15, 0.2) is 77.7 Å². The zero-order chi connectivity index (χ0) is 30.9. The Balaban J connectivity index is 1.60. The number of aryl methyl sites for hydroxylation is 1. The van der Waals surface area contributed by atoms with E-state index in [0.717, 1.165) is 22.5 Å². The lowest BCUT2D eigenvalue weighted by Crippen LogP contribution is -2.38. The number of halogens is 1. The third-order valence-corrected chi connectivity index (χ3v) is 7.87. The minimum Gasteiger partial charge on any atom is -0.355 e. The third-order valence-electron chi connectivity index (χ3n) is 7.87. The number of anilines is 3. The molecule has 0 radical (unpaired) electrons. The van der Waals surface area contributed by atoms with E-state index in [2.05, 4.69) is 20.9 Å². The van der Waals surface area contributed by atoms with Crippen LogP contribution < -0.4 is 26.4 Å². The first kappa shape index (κ1) is 29.7. The molecule has 43 heavy (non-hydrogen) atoms. The topological polar surface area (TPSA) is 108 Å². The number of rotatable bonds is 8. The number of carbonyl (C=O) groups excluding carboxylic acids is 2. The molecule has 2 heterocycles. The molecule has 2 atom stereocenters. The summed E-state index contributed by atoms with van der Waals surface area (Å²) in [6, 6.07) is 19.7. The number of nitrogens with zero attached hydrogens (tertiary/aromatic N) is 3. The molecule has 0 aliphatic carbocycles. The molecule has 1 aliphatic heterocycles. The fourth-order valence-corrected chi connectivity index (χ4v) is 5.31. The van der Waals surface area contributed by atoms with Gasteiger partial charge in [-0.15, -0.1) is 0 Å². The highest BCUT2D eigenvalue weighted by molar-refractivity contribution is 5.96. The van der Waals surface area contributed by atoms with Gasteiger partial charge in [0, 0.05) is 35.1 Å². The molecule has 0 bridgehead atoms. The Morgan fingerprint density at radius 2 is 1.84 bits per heavy atom. The number of benzene rings is 3. The highest BCUT2D eigenvalue weighted by Crippen LogP contribution is 2.45. The Morgan fingerprint density at radius 3 is 2.58 bits per heavy atom. The van der Waals surface area contributed by atoms with Crippen molar-refractivity contribution in [2.75, 3.05) is 30.9 Å². The summed E-state index contributed by atoms with van der Waals surface area (Å²) in [5.74, 6) is -0.290. The van der Waals surface area contributed by atoms with E-state index in [1.54, 1.807) is 52.2 Å². The van der Waals surface area contributed by atoms with Crippen LogP contribution in [0.3, 0.4) is 0 Å². The molecule has 0 saturated heterocycles. The van der Waals surface area contributed by atoms with Crippen molar-refractivity contribution < 1.29 is 14.0 Å². The number of likely N-dealkylation sites (N-methyl/N-ethyl adjacent to an activating group) is 1. The molecule has 3 aromatic carbocycles. The van der Waals surface area contributed by atoms with Crippen molar-refractivity contribution in [3.05, 3.63) is 106 Å². The van der Waals surface area contributed by atoms with Crippen LogP contribution in [-0.2, 0) is 17.0 Å². The number of amides is 2.